The van der Waals surface area contributed by atoms with Crippen LogP contribution in [0, 0.1) is 5.92 Å². The number of guanidine groups is 1. The number of methoxy groups -OCH3 is 1. The SMILES string of the molecule is CCNC(=NCC1CCN(S(C)(=O)=O)CC1)NCCc1ccc(OC)cc1Cl. The van der Waals surface area contributed by atoms with Crippen LogP contribution in [0.1, 0.15) is 25.3 Å². The molecule has 0 unspecified atom stereocenters. The summed E-state index contributed by atoms with van der Waals surface area (Å²) < 4.78 is 29.9. The normalized spacial score (nSPS) is 16.8. The first-order valence-electron chi connectivity index (χ1n) is 9.63. The van der Waals surface area contributed by atoms with Crippen LogP contribution in [0.2, 0.25) is 5.02 Å². The summed E-state index contributed by atoms with van der Waals surface area (Å²) >= 11 is 6.29. The molecule has 1 aromatic carbocycles. The summed E-state index contributed by atoms with van der Waals surface area (Å²) in [7, 11) is -1.46. The highest BCUT2D eigenvalue weighted by Gasteiger charge is 2.24. The molecule has 0 aliphatic carbocycles. The van der Waals surface area contributed by atoms with E-state index in [4.69, 9.17) is 16.3 Å². The highest BCUT2D eigenvalue weighted by Crippen LogP contribution is 2.22. The Kier molecular flexibility index (Phi) is 8.85. The molecule has 0 amide bonds. The first-order chi connectivity index (χ1) is 13.3. The third-order valence-corrected chi connectivity index (χ3v) is 6.50. The predicted molar refractivity (Wildman–Crippen MR) is 115 cm³/mol. The summed E-state index contributed by atoms with van der Waals surface area (Å²) in [5.74, 6) is 1.93. The number of nitrogens with one attached hydrogen (secondary N) is 2. The maximum absolute atomic E-state index is 11.6. The topological polar surface area (TPSA) is 83.0 Å². The standard InChI is InChI=1S/C19H31ClN4O3S/c1-4-21-19(22-10-7-16-5-6-17(27-2)13-18(16)20)23-14-15-8-11-24(12-9-15)28(3,25)26/h5-6,13,15H,4,7-12,14H2,1-3H3,(H2,21,22,23). The van der Waals surface area contributed by atoms with Crippen LogP contribution in [0.5, 0.6) is 5.75 Å². The molecular weight excluding hydrogens is 400 g/mol. The number of sulfonamides is 1. The van der Waals surface area contributed by atoms with Crippen LogP contribution in [0.25, 0.3) is 0 Å². The Labute approximate surface area is 173 Å². The summed E-state index contributed by atoms with van der Waals surface area (Å²) in [5, 5.41) is 7.29. The lowest BCUT2D eigenvalue weighted by molar-refractivity contribution is 0.280. The molecule has 0 aromatic heterocycles. The molecule has 28 heavy (non-hydrogen) atoms. The Balaban J connectivity index is 1.82. The largest absolute Gasteiger partial charge is 0.497 e. The van der Waals surface area contributed by atoms with E-state index >= 15 is 0 Å². The van der Waals surface area contributed by atoms with Crippen LogP contribution in [0.15, 0.2) is 23.2 Å². The van der Waals surface area contributed by atoms with Crippen LogP contribution < -0.4 is 15.4 Å². The lowest BCUT2D eigenvalue weighted by Gasteiger charge is -2.29. The summed E-state index contributed by atoms with van der Waals surface area (Å²) in [6.07, 6.45) is 3.74. The number of hydrogen-bond acceptors (Lipinski definition) is 4. The summed E-state index contributed by atoms with van der Waals surface area (Å²) in [6, 6.07) is 5.70. The molecule has 2 N–H and O–H groups in total. The van der Waals surface area contributed by atoms with Gasteiger partial charge in [-0.1, -0.05) is 17.7 Å². The van der Waals surface area contributed by atoms with Gasteiger partial charge < -0.3 is 15.4 Å². The van der Waals surface area contributed by atoms with Crippen molar-refractivity contribution < 1.29 is 13.2 Å². The van der Waals surface area contributed by atoms with Crippen molar-refractivity contribution >= 4 is 27.6 Å². The number of hydrogen-bond donors (Lipinski definition) is 2. The van der Waals surface area contributed by atoms with E-state index in [9.17, 15) is 8.42 Å². The van der Waals surface area contributed by atoms with E-state index in [0.717, 1.165) is 43.1 Å². The molecule has 9 heteroatoms. The lowest BCUT2D eigenvalue weighted by atomic mass is 9.98. The van der Waals surface area contributed by atoms with Crippen molar-refractivity contribution in [3.8, 4) is 5.75 Å². The zero-order valence-corrected chi connectivity index (χ0v) is 18.4. The van der Waals surface area contributed by atoms with E-state index in [2.05, 4.69) is 15.6 Å². The molecule has 2 rings (SSSR count). The molecule has 1 saturated heterocycles. The third-order valence-electron chi connectivity index (χ3n) is 4.84. The second-order valence-corrected chi connectivity index (χ2v) is 9.35. The first kappa shape index (κ1) is 22.8. The zero-order chi connectivity index (χ0) is 20.6. The molecule has 1 aromatic rings. The average molecular weight is 431 g/mol. The van der Waals surface area contributed by atoms with Crippen molar-refractivity contribution in [2.45, 2.75) is 26.2 Å². The van der Waals surface area contributed by atoms with Crippen molar-refractivity contribution in [1.82, 2.24) is 14.9 Å². The van der Waals surface area contributed by atoms with E-state index in [1.165, 1.54) is 6.26 Å². The second kappa shape index (κ2) is 10.9. The van der Waals surface area contributed by atoms with E-state index in [-0.39, 0.29) is 0 Å². The Hall–Kier alpha value is -1.51. The van der Waals surface area contributed by atoms with Crippen molar-refractivity contribution in [2.24, 2.45) is 10.9 Å². The molecule has 7 nitrogen and oxygen atoms in total. The zero-order valence-electron chi connectivity index (χ0n) is 16.9. The van der Waals surface area contributed by atoms with E-state index < -0.39 is 10.0 Å². The Bertz CT molecular complexity index is 762. The Morgan fingerprint density at radius 2 is 2.04 bits per heavy atom. The summed E-state index contributed by atoms with van der Waals surface area (Å²) in [5.41, 5.74) is 1.05. The van der Waals surface area contributed by atoms with Gasteiger partial charge in [-0.3, -0.25) is 4.99 Å². The highest BCUT2D eigenvalue weighted by atomic mass is 35.5. The van der Waals surface area contributed by atoms with Crippen molar-refractivity contribution in [3.05, 3.63) is 28.8 Å². The number of rotatable bonds is 8. The number of benzene rings is 1. The van der Waals surface area contributed by atoms with Crippen LogP contribution >= 0.6 is 11.6 Å². The van der Waals surface area contributed by atoms with Gasteiger partial charge in [0.25, 0.3) is 0 Å². The van der Waals surface area contributed by atoms with E-state index in [1.807, 2.05) is 25.1 Å². The van der Waals surface area contributed by atoms with Gasteiger partial charge in [0.05, 0.1) is 13.4 Å². The maximum Gasteiger partial charge on any atom is 0.211 e. The quantitative estimate of drug-likeness (QED) is 0.487. The van der Waals surface area contributed by atoms with Crippen LogP contribution in [-0.4, -0.2) is 64.8 Å². The van der Waals surface area contributed by atoms with Gasteiger partial charge in [-0.2, -0.15) is 0 Å². The molecule has 158 valence electrons. The monoisotopic (exact) mass is 430 g/mol. The fraction of sp³-hybridized carbons (Fsp3) is 0.632. The number of aliphatic imine (C=N–C) groups is 1. The predicted octanol–water partition coefficient (Wildman–Crippen LogP) is 2.12. The molecule has 0 radical (unpaired) electrons. The Morgan fingerprint density at radius 1 is 1.32 bits per heavy atom. The smallest absolute Gasteiger partial charge is 0.211 e. The molecule has 0 bridgehead atoms. The third kappa shape index (κ3) is 7.14. The molecule has 0 spiro atoms. The molecule has 1 heterocycles. The molecule has 1 aliphatic heterocycles. The molecular formula is C19H31ClN4O3S. The minimum Gasteiger partial charge on any atom is -0.497 e. The van der Waals surface area contributed by atoms with Crippen molar-refractivity contribution in [2.75, 3.05) is 46.1 Å². The molecule has 0 saturated carbocycles. The van der Waals surface area contributed by atoms with Gasteiger partial charge in [-0.05, 0) is 49.8 Å². The van der Waals surface area contributed by atoms with Gasteiger partial charge in [0.15, 0.2) is 5.96 Å². The van der Waals surface area contributed by atoms with E-state index in [1.54, 1.807) is 11.4 Å². The summed E-state index contributed by atoms with van der Waals surface area (Å²) in [6.45, 7) is 5.38. The molecule has 0 atom stereocenters. The Morgan fingerprint density at radius 3 is 2.61 bits per heavy atom. The van der Waals surface area contributed by atoms with E-state index in [0.29, 0.717) is 37.1 Å². The van der Waals surface area contributed by atoms with Crippen molar-refractivity contribution in [3.63, 3.8) is 0 Å². The average Bonchev–Trinajstić information content (AvgIpc) is 2.66. The van der Waals surface area contributed by atoms with Gasteiger partial charge in [0.2, 0.25) is 10.0 Å². The molecule has 1 fully saturated rings. The fourth-order valence-corrected chi connectivity index (χ4v) is 4.30. The van der Waals surface area contributed by atoms with Crippen molar-refractivity contribution in [1.29, 1.82) is 0 Å². The number of nitrogens with zero attached hydrogens (tertiary/aromatic N) is 2. The number of halogens is 1. The molecule has 1 aliphatic rings. The van der Waals surface area contributed by atoms with Gasteiger partial charge in [0.1, 0.15) is 5.75 Å². The number of piperidine rings is 1. The second-order valence-electron chi connectivity index (χ2n) is 6.96. The number of ether oxygens (including phenoxy) is 1. The summed E-state index contributed by atoms with van der Waals surface area (Å²) in [4.78, 5) is 4.68. The van der Waals surface area contributed by atoms with Gasteiger partial charge in [0, 0.05) is 37.7 Å². The van der Waals surface area contributed by atoms with Gasteiger partial charge >= 0.3 is 0 Å². The van der Waals surface area contributed by atoms with Crippen LogP contribution in [-0.2, 0) is 16.4 Å². The van der Waals surface area contributed by atoms with Gasteiger partial charge in [-0.25, -0.2) is 12.7 Å². The van der Waals surface area contributed by atoms with Gasteiger partial charge in [-0.15, -0.1) is 0 Å². The van der Waals surface area contributed by atoms with Crippen LogP contribution in [0.3, 0.4) is 0 Å². The highest BCUT2D eigenvalue weighted by molar-refractivity contribution is 7.88. The lowest BCUT2D eigenvalue weighted by Crippen LogP contribution is -2.40. The minimum absolute atomic E-state index is 0.407. The minimum atomic E-state index is -3.08. The fourth-order valence-electron chi connectivity index (χ4n) is 3.16. The maximum atomic E-state index is 11.6. The van der Waals surface area contributed by atoms with Crippen LogP contribution in [0.4, 0.5) is 0 Å². The first-order valence-corrected chi connectivity index (χ1v) is 11.9.